The lowest BCUT2D eigenvalue weighted by Crippen LogP contribution is -2.22. The van der Waals surface area contributed by atoms with Gasteiger partial charge < -0.3 is 14.0 Å². The summed E-state index contributed by atoms with van der Waals surface area (Å²) in [6.07, 6.45) is 1.42. The van der Waals surface area contributed by atoms with E-state index in [2.05, 4.69) is 0 Å². The number of esters is 1. The SMILES string of the molecule is CCOC(=O)c1cn2c3c(cc(F)cc3c1=O)Oc1ccccc1-2. The molecule has 0 saturated heterocycles. The molecular formula is C18H12FNO4. The van der Waals surface area contributed by atoms with E-state index in [-0.39, 0.29) is 23.3 Å². The van der Waals surface area contributed by atoms with E-state index in [0.717, 1.165) is 6.07 Å². The third kappa shape index (κ3) is 2.00. The number of hydrogen-bond acceptors (Lipinski definition) is 4. The Labute approximate surface area is 135 Å². The van der Waals surface area contributed by atoms with Gasteiger partial charge in [0, 0.05) is 12.3 Å². The van der Waals surface area contributed by atoms with E-state index in [4.69, 9.17) is 9.47 Å². The van der Waals surface area contributed by atoms with Crippen LogP contribution in [0.2, 0.25) is 0 Å². The van der Waals surface area contributed by atoms with Gasteiger partial charge in [0.1, 0.15) is 16.9 Å². The summed E-state index contributed by atoms with van der Waals surface area (Å²) in [5.41, 5.74) is 0.362. The lowest BCUT2D eigenvalue weighted by atomic mass is 10.1. The van der Waals surface area contributed by atoms with Gasteiger partial charge in [-0.2, -0.15) is 0 Å². The molecule has 5 nitrogen and oxygen atoms in total. The van der Waals surface area contributed by atoms with Crippen LogP contribution in [0.4, 0.5) is 4.39 Å². The second-order valence-corrected chi connectivity index (χ2v) is 5.33. The Kier molecular flexibility index (Phi) is 3.13. The van der Waals surface area contributed by atoms with Crippen molar-refractivity contribution in [3.63, 3.8) is 0 Å². The van der Waals surface area contributed by atoms with Gasteiger partial charge in [-0.1, -0.05) is 12.1 Å². The third-order valence-corrected chi connectivity index (χ3v) is 3.87. The van der Waals surface area contributed by atoms with Crippen molar-refractivity contribution >= 4 is 16.9 Å². The number of halogens is 1. The Morgan fingerprint density at radius 1 is 1.25 bits per heavy atom. The average molecular weight is 325 g/mol. The van der Waals surface area contributed by atoms with Crippen molar-refractivity contribution in [3.8, 4) is 17.2 Å². The van der Waals surface area contributed by atoms with Crippen molar-refractivity contribution in [1.82, 2.24) is 4.57 Å². The summed E-state index contributed by atoms with van der Waals surface area (Å²) in [5.74, 6) is -0.601. The molecule has 120 valence electrons. The quantitative estimate of drug-likeness (QED) is 0.530. The molecule has 2 heterocycles. The summed E-state index contributed by atoms with van der Waals surface area (Å²) in [6.45, 7) is 1.80. The summed E-state index contributed by atoms with van der Waals surface area (Å²) < 4.78 is 26.3. The minimum absolute atomic E-state index is 0.0741. The highest BCUT2D eigenvalue weighted by atomic mass is 19.1. The number of hydrogen-bond donors (Lipinski definition) is 0. The van der Waals surface area contributed by atoms with Crippen LogP contribution >= 0.6 is 0 Å². The predicted molar refractivity (Wildman–Crippen MR) is 85.5 cm³/mol. The standard InChI is InChI=1S/C18H12FNO4/c1-2-23-18(22)12-9-20-13-5-3-4-6-14(13)24-15-8-10(19)7-11(16(15)20)17(12)21/h3-9H,2H2,1H3. The third-order valence-electron chi connectivity index (χ3n) is 3.87. The Hall–Kier alpha value is -3.15. The molecule has 0 unspecified atom stereocenters. The van der Waals surface area contributed by atoms with Crippen LogP contribution in [0.3, 0.4) is 0 Å². The van der Waals surface area contributed by atoms with Crippen LogP contribution in [0.1, 0.15) is 17.3 Å². The van der Waals surface area contributed by atoms with Gasteiger partial charge in [0.2, 0.25) is 5.43 Å². The van der Waals surface area contributed by atoms with Crippen molar-refractivity contribution in [2.45, 2.75) is 6.92 Å². The lowest BCUT2D eigenvalue weighted by Gasteiger charge is -2.23. The fraction of sp³-hybridized carbons (Fsp3) is 0.111. The molecule has 3 aromatic rings. The van der Waals surface area contributed by atoms with Crippen LogP contribution in [-0.4, -0.2) is 17.1 Å². The van der Waals surface area contributed by atoms with E-state index in [1.807, 2.05) is 6.07 Å². The van der Waals surface area contributed by atoms with Crippen molar-refractivity contribution in [1.29, 1.82) is 0 Å². The van der Waals surface area contributed by atoms with Gasteiger partial charge in [-0.05, 0) is 25.1 Å². The van der Waals surface area contributed by atoms with Crippen molar-refractivity contribution in [2.24, 2.45) is 0 Å². The molecule has 1 aliphatic heterocycles. The number of carbonyl (C=O) groups excluding carboxylic acids is 1. The molecule has 0 spiro atoms. The second kappa shape index (κ2) is 5.19. The number of fused-ring (bicyclic) bond motifs is 2. The number of rotatable bonds is 2. The number of nitrogens with zero attached hydrogens (tertiary/aromatic N) is 1. The van der Waals surface area contributed by atoms with Crippen LogP contribution in [0, 0.1) is 5.82 Å². The molecule has 0 saturated carbocycles. The highest BCUT2D eigenvalue weighted by molar-refractivity contribution is 5.96. The Morgan fingerprint density at radius 2 is 2.04 bits per heavy atom. The second-order valence-electron chi connectivity index (χ2n) is 5.33. The first-order valence-electron chi connectivity index (χ1n) is 7.43. The van der Waals surface area contributed by atoms with Crippen molar-refractivity contribution in [2.75, 3.05) is 6.61 Å². The van der Waals surface area contributed by atoms with Gasteiger partial charge >= 0.3 is 5.97 Å². The maximum absolute atomic E-state index is 13.9. The number of pyridine rings is 1. The summed E-state index contributed by atoms with van der Waals surface area (Å²) in [6, 6.07) is 9.45. The summed E-state index contributed by atoms with van der Waals surface area (Å²) in [5, 5.41) is 0.0741. The molecule has 0 atom stereocenters. The number of carbonyl (C=O) groups is 1. The zero-order valence-electron chi connectivity index (χ0n) is 12.7. The van der Waals surface area contributed by atoms with E-state index in [1.54, 1.807) is 29.7 Å². The van der Waals surface area contributed by atoms with Crippen LogP contribution in [-0.2, 0) is 4.74 Å². The number of benzene rings is 2. The van der Waals surface area contributed by atoms with E-state index in [1.165, 1.54) is 12.3 Å². The fourth-order valence-electron chi connectivity index (χ4n) is 2.88. The molecule has 1 aromatic heterocycles. The maximum Gasteiger partial charge on any atom is 0.343 e. The van der Waals surface area contributed by atoms with E-state index < -0.39 is 17.2 Å². The summed E-state index contributed by atoms with van der Waals surface area (Å²) in [7, 11) is 0. The van der Waals surface area contributed by atoms with Gasteiger partial charge in [-0.25, -0.2) is 9.18 Å². The Morgan fingerprint density at radius 3 is 2.83 bits per heavy atom. The van der Waals surface area contributed by atoms with Gasteiger partial charge in [0.25, 0.3) is 0 Å². The first kappa shape index (κ1) is 14.4. The normalized spacial score (nSPS) is 11.8. The maximum atomic E-state index is 13.9. The first-order valence-corrected chi connectivity index (χ1v) is 7.43. The number of ether oxygens (including phenoxy) is 2. The van der Waals surface area contributed by atoms with E-state index >= 15 is 0 Å². The molecule has 4 rings (SSSR count). The summed E-state index contributed by atoms with van der Waals surface area (Å²) >= 11 is 0. The Bertz CT molecular complexity index is 1050. The van der Waals surface area contributed by atoms with Crippen LogP contribution in [0.25, 0.3) is 16.6 Å². The molecule has 0 N–H and O–H groups in total. The zero-order valence-corrected chi connectivity index (χ0v) is 12.7. The van der Waals surface area contributed by atoms with Crippen molar-refractivity contribution in [3.05, 3.63) is 64.2 Å². The van der Waals surface area contributed by atoms with E-state index in [9.17, 15) is 14.0 Å². The minimum Gasteiger partial charge on any atom is -0.462 e. The molecule has 2 aromatic carbocycles. The zero-order chi connectivity index (χ0) is 16.8. The van der Waals surface area contributed by atoms with E-state index in [0.29, 0.717) is 17.0 Å². The smallest absolute Gasteiger partial charge is 0.343 e. The topological polar surface area (TPSA) is 57.5 Å². The first-order chi connectivity index (χ1) is 11.6. The number of para-hydroxylation sites is 2. The van der Waals surface area contributed by atoms with Gasteiger partial charge in [-0.3, -0.25) is 4.79 Å². The minimum atomic E-state index is -0.733. The van der Waals surface area contributed by atoms with Gasteiger partial charge in [0.05, 0.1) is 17.7 Å². The van der Waals surface area contributed by atoms with Crippen molar-refractivity contribution < 1.29 is 18.7 Å². The fourth-order valence-corrected chi connectivity index (χ4v) is 2.88. The molecule has 1 aliphatic rings. The largest absolute Gasteiger partial charge is 0.462 e. The lowest BCUT2D eigenvalue weighted by molar-refractivity contribution is 0.0524. The van der Waals surface area contributed by atoms with Crippen LogP contribution in [0.5, 0.6) is 11.5 Å². The molecule has 0 radical (unpaired) electrons. The van der Waals surface area contributed by atoms with Gasteiger partial charge in [0.15, 0.2) is 11.5 Å². The highest BCUT2D eigenvalue weighted by Crippen LogP contribution is 2.39. The number of aromatic nitrogens is 1. The molecule has 6 heteroatoms. The molecule has 0 fully saturated rings. The molecular weight excluding hydrogens is 313 g/mol. The highest BCUT2D eigenvalue weighted by Gasteiger charge is 2.25. The molecule has 0 amide bonds. The van der Waals surface area contributed by atoms with Gasteiger partial charge in [-0.15, -0.1) is 0 Å². The average Bonchev–Trinajstić information content (AvgIpc) is 2.57. The summed E-state index contributed by atoms with van der Waals surface area (Å²) in [4.78, 5) is 24.7. The van der Waals surface area contributed by atoms with Crippen LogP contribution in [0.15, 0.2) is 47.4 Å². The Balaban J connectivity index is 2.14. The molecule has 0 aliphatic carbocycles. The molecule has 24 heavy (non-hydrogen) atoms. The van der Waals surface area contributed by atoms with Crippen LogP contribution < -0.4 is 10.2 Å². The molecule has 0 bridgehead atoms. The monoisotopic (exact) mass is 325 g/mol. The predicted octanol–water partition coefficient (Wildman–Crippen LogP) is 3.41.